The quantitative estimate of drug-likeness (QED) is 0.590. The molecule has 0 aliphatic carbocycles. The van der Waals surface area contributed by atoms with E-state index in [1.807, 2.05) is 48.5 Å². The van der Waals surface area contributed by atoms with Crippen molar-refractivity contribution in [3.63, 3.8) is 0 Å². The Hall–Kier alpha value is -2.03. The van der Waals surface area contributed by atoms with E-state index in [0.717, 1.165) is 22.0 Å². The topological polar surface area (TPSA) is 29.1 Å². The molecule has 3 aromatic rings. The number of ketones is 1. The van der Waals surface area contributed by atoms with Crippen molar-refractivity contribution in [1.82, 2.24) is 0 Å². The summed E-state index contributed by atoms with van der Waals surface area (Å²) in [4.78, 5) is 12.3. The Morgan fingerprint density at radius 3 is 2.43 bits per heavy atom. The van der Waals surface area contributed by atoms with Gasteiger partial charge in [0.05, 0.1) is 10.0 Å². The first-order chi connectivity index (χ1) is 11.1. The van der Waals surface area contributed by atoms with E-state index in [1.54, 1.807) is 12.1 Å². The molecule has 3 aromatic carbocycles. The molecule has 0 spiro atoms. The molecule has 3 rings (SSSR count). The Kier molecular flexibility index (Phi) is 4.85. The summed E-state index contributed by atoms with van der Waals surface area (Å²) in [6, 6.07) is 19.1. The van der Waals surface area contributed by atoms with Crippen LogP contribution in [-0.4, -0.2) is 12.3 Å². The second-order valence-electron chi connectivity index (χ2n) is 5.29. The normalized spacial score (nSPS) is 10.7. The van der Waals surface area contributed by atoms with Crippen molar-refractivity contribution in [2.75, 3.05) is 11.9 Å². The maximum atomic E-state index is 12.3. The van der Waals surface area contributed by atoms with Gasteiger partial charge in [-0.25, -0.2) is 0 Å². The lowest BCUT2D eigenvalue weighted by Crippen LogP contribution is -2.08. The van der Waals surface area contributed by atoms with Gasteiger partial charge in [-0.2, -0.15) is 0 Å². The van der Waals surface area contributed by atoms with Gasteiger partial charge in [0.2, 0.25) is 0 Å². The molecule has 0 aromatic heterocycles. The second-order valence-corrected chi connectivity index (χ2v) is 6.11. The van der Waals surface area contributed by atoms with Gasteiger partial charge in [0, 0.05) is 24.2 Å². The zero-order valence-corrected chi connectivity index (χ0v) is 13.9. The number of hydrogen-bond acceptors (Lipinski definition) is 2. The molecule has 0 atom stereocenters. The first-order valence-electron chi connectivity index (χ1n) is 7.34. The summed E-state index contributed by atoms with van der Waals surface area (Å²) in [6.45, 7) is 0.545. The van der Waals surface area contributed by atoms with E-state index in [-0.39, 0.29) is 5.78 Å². The van der Waals surface area contributed by atoms with Crippen LogP contribution in [0.3, 0.4) is 0 Å². The third kappa shape index (κ3) is 3.84. The summed E-state index contributed by atoms with van der Waals surface area (Å²) in [5.74, 6) is 0.114. The second kappa shape index (κ2) is 7.03. The number of carbonyl (C=O) groups excluding carboxylic acids is 1. The molecule has 1 N–H and O–H groups in total. The van der Waals surface area contributed by atoms with Gasteiger partial charge in [0.1, 0.15) is 0 Å². The predicted molar refractivity (Wildman–Crippen MR) is 97.8 cm³/mol. The summed E-state index contributed by atoms with van der Waals surface area (Å²) in [7, 11) is 0. The molecule has 2 nitrogen and oxygen atoms in total. The highest BCUT2D eigenvalue weighted by molar-refractivity contribution is 6.42. The molecule has 0 heterocycles. The third-order valence-corrected chi connectivity index (χ3v) is 4.41. The molecule has 116 valence electrons. The summed E-state index contributed by atoms with van der Waals surface area (Å²) < 4.78 is 0. The average Bonchev–Trinajstić information content (AvgIpc) is 2.57. The minimum atomic E-state index is 0.114. The van der Waals surface area contributed by atoms with Crippen LogP contribution in [0.5, 0.6) is 0 Å². The zero-order chi connectivity index (χ0) is 16.2. The van der Waals surface area contributed by atoms with Gasteiger partial charge in [-0.1, -0.05) is 59.6 Å². The third-order valence-electron chi connectivity index (χ3n) is 3.67. The van der Waals surface area contributed by atoms with Gasteiger partial charge < -0.3 is 5.32 Å². The number of nitrogens with one attached hydrogen (secondary N) is 1. The minimum absolute atomic E-state index is 0.114. The molecule has 0 amide bonds. The molecular weight excluding hydrogens is 329 g/mol. The largest absolute Gasteiger partial charge is 0.385 e. The highest BCUT2D eigenvalue weighted by Crippen LogP contribution is 2.25. The van der Waals surface area contributed by atoms with Crippen LogP contribution in [0.4, 0.5) is 5.69 Å². The van der Waals surface area contributed by atoms with Gasteiger partial charge in [-0.05, 0) is 35.0 Å². The maximum absolute atomic E-state index is 12.3. The van der Waals surface area contributed by atoms with E-state index in [2.05, 4.69) is 5.32 Å². The fourth-order valence-corrected chi connectivity index (χ4v) is 2.73. The summed E-state index contributed by atoms with van der Waals surface area (Å²) in [5, 5.41) is 6.42. The molecule has 0 saturated carbocycles. The van der Waals surface area contributed by atoms with Crippen LogP contribution >= 0.6 is 23.2 Å². The number of hydrogen-bond donors (Lipinski definition) is 1. The maximum Gasteiger partial charge on any atom is 0.164 e. The number of fused-ring (bicyclic) bond motifs is 1. The molecule has 0 radical (unpaired) electrons. The van der Waals surface area contributed by atoms with Crippen LogP contribution in [0.15, 0.2) is 60.7 Å². The Balaban J connectivity index is 1.62. The lowest BCUT2D eigenvalue weighted by Gasteiger charge is -2.07. The standard InChI is InChI=1S/C19H15Cl2NO/c20-17-8-7-16(12-18(17)21)22-10-9-19(23)15-6-5-13-3-1-2-4-14(13)11-15/h1-8,11-12,22H,9-10H2. The Labute approximate surface area is 145 Å². The first kappa shape index (κ1) is 15.9. The average molecular weight is 344 g/mol. The van der Waals surface area contributed by atoms with Crippen molar-refractivity contribution in [3.05, 3.63) is 76.3 Å². The molecule has 0 fully saturated rings. The van der Waals surface area contributed by atoms with Crippen LogP contribution in [0.2, 0.25) is 10.0 Å². The van der Waals surface area contributed by atoms with Crippen LogP contribution in [0.1, 0.15) is 16.8 Å². The van der Waals surface area contributed by atoms with Crippen molar-refractivity contribution in [3.8, 4) is 0 Å². The fourth-order valence-electron chi connectivity index (χ4n) is 2.43. The van der Waals surface area contributed by atoms with Crippen molar-refractivity contribution >= 4 is 45.4 Å². The van der Waals surface area contributed by atoms with Crippen LogP contribution < -0.4 is 5.32 Å². The molecule has 23 heavy (non-hydrogen) atoms. The lowest BCUT2D eigenvalue weighted by molar-refractivity contribution is 0.0986. The van der Waals surface area contributed by atoms with Crippen molar-refractivity contribution < 1.29 is 4.79 Å². The van der Waals surface area contributed by atoms with Gasteiger partial charge in [0.25, 0.3) is 0 Å². The van der Waals surface area contributed by atoms with E-state index in [9.17, 15) is 4.79 Å². The zero-order valence-electron chi connectivity index (χ0n) is 12.4. The predicted octanol–water partition coefficient (Wildman–Crippen LogP) is 5.83. The smallest absolute Gasteiger partial charge is 0.164 e. The van der Waals surface area contributed by atoms with Crippen molar-refractivity contribution in [1.29, 1.82) is 0 Å². The van der Waals surface area contributed by atoms with E-state index >= 15 is 0 Å². The summed E-state index contributed by atoms with van der Waals surface area (Å²) >= 11 is 11.8. The Morgan fingerprint density at radius 1 is 0.870 bits per heavy atom. The van der Waals surface area contributed by atoms with Crippen LogP contribution in [-0.2, 0) is 0 Å². The lowest BCUT2D eigenvalue weighted by atomic mass is 10.0. The molecule has 4 heteroatoms. The monoisotopic (exact) mass is 343 g/mol. The summed E-state index contributed by atoms with van der Waals surface area (Å²) in [5.41, 5.74) is 1.59. The molecule has 0 bridgehead atoms. The first-order valence-corrected chi connectivity index (χ1v) is 8.10. The number of anilines is 1. The minimum Gasteiger partial charge on any atom is -0.385 e. The van der Waals surface area contributed by atoms with E-state index in [1.165, 1.54) is 0 Å². The molecule has 0 unspecified atom stereocenters. The van der Waals surface area contributed by atoms with Crippen LogP contribution in [0, 0.1) is 0 Å². The number of rotatable bonds is 5. The molecular formula is C19H15Cl2NO. The molecule has 0 saturated heterocycles. The Bertz CT molecular complexity index is 861. The van der Waals surface area contributed by atoms with Gasteiger partial charge >= 0.3 is 0 Å². The number of halogens is 2. The number of Topliss-reactive ketones (excluding diaryl/α,β-unsaturated/α-hetero) is 1. The van der Waals surface area contributed by atoms with Crippen molar-refractivity contribution in [2.45, 2.75) is 6.42 Å². The van der Waals surface area contributed by atoms with Gasteiger partial charge in [0.15, 0.2) is 5.78 Å². The molecule has 0 aliphatic rings. The number of benzene rings is 3. The van der Waals surface area contributed by atoms with Gasteiger partial charge in [-0.3, -0.25) is 4.79 Å². The SMILES string of the molecule is O=C(CCNc1ccc(Cl)c(Cl)c1)c1ccc2ccccc2c1. The van der Waals surface area contributed by atoms with Crippen LogP contribution in [0.25, 0.3) is 10.8 Å². The Morgan fingerprint density at radius 2 is 1.65 bits per heavy atom. The highest BCUT2D eigenvalue weighted by atomic mass is 35.5. The number of carbonyl (C=O) groups is 1. The van der Waals surface area contributed by atoms with E-state index in [0.29, 0.717) is 23.0 Å². The van der Waals surface area contributed by atoms with E-state index in [4.69, 9.17) is 23.2 Å². The fraction of sp³-hybridized carbons (Fsp3) is 0.105. The highest BCUT2D eigenvalue weighted by Gasteiger charge is 2.07. The van der Waals surface area contributed by atoms with Crippen molar-refractivity contribution in [2.24, 2.45) is 0 Å². The van der Waals surface area contributed by atoms with E-state index < -0.39 is 0 Å². The summed E-state index contributed by atoms with van der Waals surface area (Å²) in [6.07, 6.45) is 0.415. The van der Waals surface area contributed by atoms with Gasteiger partial charge in [-0.15, -0.1) is 0 Å². The molecule has 0 aliphatic heterocycles.